The summed E-state index contributed by atoms with van der Waals surface area (Å²) in [7, 11) is 0. The first-order valence-corrected chi connectivity index (χ1v) is 8.28. The van der Waals surface area contributed by atoms with E-state index in [4.69, 9.17) is 10.5 Å². The van der Waals surface area contributed by atoms with E-state index < -0.39 is 40.9 Å². The second-order valence-electron chi connectivity index (χ2n) is 5.64. The van der Waals surface area contributed by atoms with Crippen molar-refractivity contribution < 1.29 is 24.5 Å². The molecule has 0 aromatic heterocycles. The molecule has 3 rings (SSSR count). The lowest BCUT2D eigenvalue weighted by atomic mass is 10.1. The van der Waals surface area contributed by atoms with Gasteiger partial charge in [0, 0.05) is 6.42 Å². The Labute approximate surface area is 136 Å². The fraction of sp³-hybridized carbons (Fsp3) is 0.692. The second kappa shape index (κ2) is 6.19. The molecule has 0 radical (unpaired) electrons. The maximum atomic E-state index is 12.2. The van der Waals surface area contributed by atoms with Gasteiger partial charge in [0.1, 0.15) is 11.9 Å². The SMILES string of the molecule is CCCC(O)[C@@H]1C[C@@H](O)[C@H](N2C(=O)SC3C(=O)N=C(N)N=C32)O1. The Kier molecular flexibility index (Phi) is 4.41. The number of amides is 2. The van der Waals surface area contributed by atoms with Crippen molar-refractivity contribution in [3.8, 4) is 0 Å². The van der Waals surface area contributed by atoms with E-state index in [9.17, 15) is 19.8 Å². The lowest BCUT2D eigenvalue weighted by Gasteiger charge is -2.27. The number of aliphatic hydroxyl groups is 2. The van der Waals surface area contributed by atoms with Gasteiger partial charge >= 0.3 is 0 Å². The molecule has 2 unspecified atom stereocenters. The minimum Gasteiger partial charge on any atom is -0.390 e. The van der Waals surface area contributed by atoms with Gasteiger partial charge in [-0.3, -0.25) is 14.5 Å². The summed E-state index contributed by atoms with van der Waals surface area (Å²) in [4.78, 5) is 32.7. The molecule has 3 aliphatic heterocycles. The van der Waals surface area contributed by atoms with Crippen LogP contribution in [-0.2, 0) is 9.53 Å². The third-order valence-electron chi connectivity index (χ3n) is 3.96. The molecular formula is C13H18N4O5S. The first-order valence-electron chi connectivity index (χ1n) is 7.40. The number of nitrogens with zero attached hydrogens (tertiary/aromatic N) is 3. The number of carbonyl (C=O) groups is 2. The lowest BCUT2D eigenvalue weighted by molar-refractivity contribution is -0.116. The van der Waals surface area contributed by atoms with Gasteiger partial charge in [-0.05, 0) is 18.2 Å². The van der Waals surface area contributed by atoms with Crippen LogP contribution in [0.5, 0.6) is 0 Å². The average molecular weight is 342 g/mol. The Morgan fingerprint density at radius 2 is 2.22 bits per heavy atom. The molecule has 3 aliphatic rings. The minimum atomic E-state index is -0.992. The van der Waals surface area contributed by atoms with Crippen LogP contribution in [0, 0.1) is 0 Å². The van der Waals surface area contributed by atoms with E-state index >= 15 is 0 Å². The number of guanidine groups is 1. The van der Waals surface area contributed by atoms with Gasteiger partial charge in [-0.2, -0.15) is 9.98 Å². The number of carbonyl (C=O) groups excluding carboxylic acids is 2. The molecular weight excluding hydrogens is 324 g/mol. The van der Waals surface area contributed by atoms with E-state index in [0.717, 1.165) is 23.1 Å². The zero-order valence-corrected chi connectivity index (χ0v) is 13.3. The molecule has 2 amide bonds. The second-order valence-corrected chi connectivity index (χ2v) is 6.69. The van der Waals surface area contributed by atoms with Crippen molar-refractivity contribution >= 4 is 34.7 Å². The van der Waals surface area contributed by atoms with E-state index in [1.54, 1.807) is 0 Å². The molecule has 126 valence electrons. The quantitative estimate of drug-likeness (QED) is 0.621. The molecule has 4 N–H and O–H groups in total. The number of hydrogen-bond donors (Lipinski definition) is 3. The number of nitrogens with two attached hydrogens (primary N) is 1. The Morgan fingerprint density at radius 1 is 1.48 bits per heavy atom. The zero-order valence-electron chi connectivity index (χ0n) is 12.5. The number of thioether (sulfide) groups is 1. The third kappa shape index (κ3) is 2.87. The summed E-state index contributed by atoms with van der Waals surface area (Å²) in [6.07, 6.45) is -1.75. The highest BCUT2D eigenvalue weighted by atomic mass is 32.2. The van der Waals surface area contributed by atoms with Gasteiger partial charge in [-0.25, -0.2) is 0 Å². The predicted octanol–water partition coefficient (Wildman–Crippen LogP) is -0.586. The molecule has 2 fully saturated rings. The fourth-order valence-electron chi connectivity index (χ4n) is 2.89. The summed E-state index contributed by atoms with van der Waals surface area (Å²) < 4.78 is 5.68. The fourth-order valence-corrected chi connectivity index (χ4v) is 3.83. The van der Waals surface area contributed by atoms with Gasteiger partial charge in [-0.1, -0.05) is 13.3 Å². The smallest absolute Gasteiger partial charge is 0.290 e. The normalized spacial score (nSPS) is 35.2. The van der Waals surface area contributed by atoms with Crippen LogP contribution in [0.25, 0.3) is 0 Å². The summed E-state index contributed by atoms with van der Waals surface area (Å²) >= 11 is 0.767. The van der Waals surface area contributed by atoms with Crippen LogP contribution in [0.1, 0.15) is 26.2 Å². The lowest BCUT2D eigenvalue weighted by Crippen LogP contribution is -2.48. The van der Waals surface area contributed by atoms with Gasteiger partial charge < -0.3 is 20.7 Å². The molecule has 0 aliphatic carbocycles. The first-order chi connectivity index (χ1) is 10.9. The summed E-state index contributed by atoms with van der Waals surface area (Å²) in [5.74, 6) is -0.646. The number of fused-ring (bicyclic) bond motifs is 1. The molecule has 0 aromatic rings. The maximum Gasteiger partial charge on any atom is 0.290 e. The largest absolute Gasteiger partial charge is 0.390 e. The third-order valence-corrected chi connectivity index (χ3v) is 5.01. The van der Waals surface area contributed by atoms with E-state index in [0.29, 0.717) is 6.42 Å². The van der Waals surface area contributed by atoms with E-state index in [2.05, 4.69) is 9.98 Å². The molecule has 3 heterocycles. The molecule has 9 nitrogen and oxygen atoms in total. The highest BCUT2D eigenvalue weighted by Gasteiger charge is 2.52. The summed E-state index contributed by atoms with van der Waals surface area (Å²) in [5, 5.41) is 19.0. The van der Waals surface area contributed by atoms with Gasteiger partial charge in [-0.15, -0.1) is 0 Å². The van der Waals surface area contributed by atoms with Crippen LogP contribution in [0.2, 0.25) is 0 Å². The van der Waals surface area contributed by atoms with Crippen molar-refractivity contribution in [2.75, 3.05) is 0 Å². The van der Waals surface area contributed by atoms with Crippen LogP contribution in [0.15, 0.2) is 9.98 Å². The molecule has 0 saturated carbocycles. The summed E-state index contributed by atoms with van der Waals surface area (Å²) in [5.41, 5.74) is 5.49. The number of aliphatic imine (C=N–C) groups is 2. The number of aliphatic hydroxyl groups excluding tert-OH is 2. The highest BCUT2D eigenvalue weighted by molar-refractivity contribution is 8.16. The molecule has 2 saturated heterocycles. The van der Waals surface area contributed by atoms with Gasteiger partial charge in [0.25, 0.3) is 11.1 Å². The number of amidine groups is 1. The zero-order chi connectivity index (χ0) is 16.7. The molecule has 23 heavy (non-hydrogen) atoms. The number of hydrogen-bond acceptors (Lipinski definition) is 8. The van der Waals surface area contributed by atoms with Gasteiger partial charge in [0.2, 0.25) is 5.96 Å². The van der Waals surface area contributed by atoms with E-state index in [1.807, 2.05) is 6.92 Å². The Bertz CT molecular complexity index is 595. The topological polar surface area (TPSA) is 138 Å². The number of ether oxygens (including phenoxy) is 1. The van der Waals surface area contributed by atoms with Crippen LogP contribution in [0.4, 0.5) is 4.79 Å². The van der Waals surface area contributed by atoms with Crippen molar-refractivity contribution in [3.05, 3.63) is 0 Å². The highest BCUT2D eigenvalue weighted by Crippen LogP contribution is 2.37. The van der Waals surface area contributed by atoms with Crippen LogP contribution >= 0.6 is 11.8 Å². The van der Waals surface area contributed by atoms with Crippen LogP contribution in [0.3, 0.4) is 0 Å². The van der Waals surface area contributed by atoms with Crippen molar-refractivity contribution in [2.45, 2.75) is 56.0 Å². The first kappa shape index (κ1) is 16.4. The Morgan fingerprint density at radius 3 is 2.91 bits per heavy atom. The molecule has 0 spiro atoms. The van der Waals surface area contributed by atoms with E-state index in [-0.39, 0.29) is 18.2 Å². The van der Waals surface area contributed by atoms with Crippen LogP contribution < -0.4 is 5.73 Å². The predicted molar refractivity (Wildman–Crippen MR) is 82.9 cm³/mol. The maximum absolute atomic E-state index is 12.2. The van der Waals surface area contributed by atoms with Gasteiger partial charge in [0.05, 0.1) is 12.2 Å². The molecule has 0 bridgehead atoms. The molecule has 0 aromatic carbocycles. The Hall–Kier alpha value is -1.49. The van der Waals surface area contributed by atoms with Crippen molar-refractivity contribution in [2.24, 2.45) is 15.7 Å². The van der Waals surface area contributed by atoms with Gasteiger partial charge in [0.15, 0.2) is 11.5 Å². The standard InChI is InChI=1S/C13H18N4O5S/c1-2-3-5(18)7-4-6(19)11(22-7)17-9-8(23-13(17)21)10(20)16-12(14)15-9/h5-8,11,18-19H,2-4H2,1H3,(H2,14,16,20)/t5?,6-,7+,8?,11-/m1/s1. The van der Waals surface area contributed by atoms with Crippen molar-refractivity contribution in [1.29, 1.82) is 0 Å². The van der Waals surface area contributed by atoms with Crippen molar-refractivity contribution in [1.82, 2.24) is 4.90 Å². The van der Waals surface area contributed by atoms with Crippen molar-refractivity contribution in [3.63, 3.8) is 0 Å². The number of rotatable bonds is 4. The van der Waals surface area contributed by atoms with E-state index in [1.165, 1.54) is 0 Å². The van der Waals surface area contributed by atoms with Crippen LogP contribution in [-0.4, -0.2) is 67.8 Å². The monoisotopic (exact) mass is 342 g/mol. The Balaban J connectivity index is 1.82. The minimum absolute atomic E-state index is 0.132. The summed E-state index contributed by atoms with van der Waals surface area (Å²) in [6.45, 7) is 1.93. The molecule has 5 atom stereocenters. The average Bonchev–Trinajstić information content (AvgIpc) is 2.99. The summed E-state index contributed by atoms with van der Waals surface area (Å²) in [6, 6.07) is 0. The molecule has 10 heteroatoms.